The van der Waals surface area contributed by atoms with Crippen LogP contribution in [-0.2, 0) is 21.5 Å². The summed E-state index contributed by atoms with van der Waals surface area (Å²) in [5, 5.41) is 8.67. The van der Waals surface area contributed by atoms with Crippen LogP contribution in [0.2, 0.25) is 0 Å². The number of anilines is 1. The molecule has 0 aliphatic carbocycles. The van der Waals surface area contributed by atoms with E-state index in [1.54, 1.807) is 41.4 Å². The number of hydrogen-bond donors (Lipinski definition) is 1. The number of pyridine rings is 1. The maximum absolute atomic E-state index is 12.7. The molecule has 12 nitrogen and oxygen atoms in total. The quantitative estimate of drug-likeness (QED) is 0.329. The normalized spacial score (nSPS) is 16.5. The number of hydrogen-bond acceptors (Lipinski definition) is 10. The van der Waals surface area contributed by atoms with Crippen LogP contribution in [0.1, 0.15) is 52.4 Å². The Hall–Kier alpha value is -4.19. The lowest BCUT2D eigenvalue weighted by molar-refractivity contribution is -0.132. The highest BCUT2D eigenvalue weighted by Gasteiger charge is 2.38. The summed E-state index contributed by atoms with van der Waals surface area (Å²) in [6.07, 6.45) is 10.6. The zero-order chi connectivity index (χ0) is 27.6. The van der Waals surface area contributed by atoms with E-state index < -0.39 is 5.41 Å². The van der Waals surface area contributed by atoms with Crippen LogP contribution in [0, 0.1) is 5.92 Å². The SMILES string of the molecule is C.CC(C)[C@](C)(c1ccc(-c2cnc(N)nc2)nc1)c1noc(-c2cnn(CC(=O)N(C)CC3CCCO3)c2)n1. The number of nitrogens with two attached hydrogens (primary N) is 1. The molecule has 0 radical (unpaired) electrons. The summed E-state index contributed by atoms with van der Waals surface area (Å²) in [6, 6.07) is 3.92. The van der Waals surface area contributed by atoms with Gasteiger partial charge in [-0.2, -0.15) is 10.1 Å². The van der Waals surface area contributed by atoms with Gasteiger partial charge >= 0.3 is 0 Å². The van der Waals surface area contributed by atoms with E-state index in [-0.39, 0.29) is 37.8 Å². The molecular weight excluding hydrogens is 510 g/mol. The molecule has 1 fully saturated rings. The lowest BCUT2D eigenvalue weighted by Gasteiger charge is -2.30. The number of nitrogen functional groups attached to an aromatic ring is 1. The average molecular weight is 548 g/mol. The molecule has 0 bridgehead atoms. The van der Waals surface area contributed by atoms with Crippen LogP contribution in [0.4, 0.5) is 5.95 Å². The van der Waals surface area contributed by atoms with E-state index in [1.807, 2.05) is 18.3 Å². The van der Waals surface area contributed by atoms with Crippen molar-refractivity contribution in [2.24, 2.45) is 5.92 Å². The maximum Gasteiger partial charge on any atom is 0.261 e. The Morgan fingerprint density at radius 2 is 1.95 bits per heavy atom. The Labute approximate surface area is 234 Å². The van der Waals surface area contributed by atoms with Crippen molar-refractivity contribution in [3.8, 4) is 22.7 Å². The molecule has 4 aromatic rings. The van der Waals surface area contributed by atoms with Gasteiger partial charge < -0.3 is 19.9 Å². The van der Waals surface area contributed by atoms with Gasteiger partial charge in [0.1, 0.15) is 6.54 Å². The highest BCUT2D eigenvalue weighted by Crippen LogP contribution is 2.38. The lowest BCUT2D eigenvalue weighted by atomic mass is 9.73. The zero-order valence-electron chi connectivity index (χ0n) is 22.6. The Balaban J connectivity index is 0.00000370. The molecule has 0 saturated carbocycles. The fraction of sp³-hybridized carbons (Fsp3) is 0.464. The van der Waals surface area contributed by atoms with Gasteiger partial charge in [0, 0.05) is 50.6 Å². The minimum Gasteiger partial charge on any atom is -0.376 e. The van der Waals surface area contributed by atoms with Gasteiger partial charge in [0.2, 0.25) is 11.9 Å². The van der Waals surface area contributed by atoms with E-state index in [4.69, 9.17) is 20.0 Å². The third kappa shape index (κ3) is 5.86. The average Bonchev–Trinajstić information content (AvgIpc) is 3.71. The van der Waals surface area contributed by atoms with Crippen LogP contribution < -0.4 is 5.73 Å². The first-order valence-corrected chi connectivity index (χ1v) is 13.0. The van der Waals surface area contributed by atoms with Gasteiger partial charge in [-0.25, -0.2) is 9.97 Å². The van der Waals surface area contributed by atoms with Gasteiger partial charge in [-0.15, -0.1) is 0 Å². The van der Waals surface area contributed by atoms with Crippen LogP contribution in [0.15, 0.2) is 47.6 Å². The molecular formula is C28H37N9O3. The lowest BCUT2D eigenvalue weighted by Crippen LogP contribution is -2.36. The molecule has 2 atom stereocenters. The van der Waals surface area contributed by atoms with Crippen molar-refractivity contribution in [1.82, 2.24) is 39.8 Å². The van der Waals surface area contributed by atoms with E-state index in [0.29, 0.717) is 23.8 Å². The first-order chi connectivity index (χ1) is 18.7. The predicted octanol–water partition coefficient (Wildman–Crippen LogP) is 3.60. The van der Waals surface area contributed by atoms with Gasteiger partial charge in [0.25, 0.3) is 5.89 Å². The Bertz CT molecular complexity index is 1410. The van der Waals surface area contributed by atoms with Gasteiger partial charge in [-0.05, 0) is 37.3 Å². The van der Waals surface area contributed by atoms with E-state index in [1.165, 1.54) is 0 Å². The Morgan fingerprint density at radius 1 is 1.18 bits per heavy atom. The van der Waals surface area contributed by atoms with E-state index in [2.05, 4.69) is 46.0 Å². The van der Waals surface area contributed by atoms with Gasteiger partial charge in [-0.1, -0.05) is 32.5 Å². The topological polar surface area (TPSA) is 151 Å². The second-order valence-electron chi connectivity index (χ2n) is 10.4. The van der Waals surface area contributed by atoms with Gasteiger partial charge in [0.15, 0.2) is 5.82 Å². The fourth-order valence-corrected chi connectivity index (χ4v) is 4.63. The van der Waals surface area contributed by atoms with Crippen LogP contribution in [0.3, 0.4) is 0 Å². The summed E-state index contributed by atoms with van der Waals surface area (Å²) >= 11 is 0. The minimum atomic E-state index is -0.568. The number of aromatic nitrogens is 7. The predicted molar refractivity (Wildman–Crippen MR) is 150 cm³/mol. The molecule has 212 valence electrons. The highest BCUT2D eigenvalue weighted by molar-refractivity contribution is 5.75. The van der Waals surface area contributed by atoms with E-state index in [9.17, 15) is 4.79 Å². The van der Waals surface area contributed by atoms with Crippen molar-refractivity contribution >= 4 is 11.9 Å². The third-order valence-electron chi connectivity index (χ3n) is 7.48. The summed E-state index contributed by atoms with van der Waals surface area (Å²) in [7, 11) is 1.79. The summed E-state index contributed by atoms with van der Waals surface area (Å²) in [5.41, 5.74) is 8.13. The van der Waals surface area contributed by atoms with E-state index >= 15 is 0 Å². The van der Waals surface area contributed by atoms with Crippen LogP contribution in [-0.4, -0.2) is 72.0 Å². The molecule has 2 N–H and O–H groups in total. The molecule has 5 heterocycles. The molecule has 1 saturated heterocycles. The van der Waals surface area contributed by atoms with Gasteiger partial charge in [0.05, 0.1) is 29.0 Å². The maximum atomic E-state index is 12.7. The molecule has 4 aromatic heterocycles. The largest absolute Gasteiger partial charge is 0.376 e. The first-order valence-electron chi connectivity index (χ1n) is 13.0. The minimum absolute atomic E-state index is 0. The summed E-state index contributed by atoms with van der Waals surface area (Å²) < 4.78 is 12.9. The first kappa shape index (κ1) is 28.8. The number of nitrogens with zero attached hydrogens (tertiary/aromatic N) is 8. The van der Waals surface area contributed by atoms with Crippen molar-refractivity contribution in [2.75, 3.05) is 25.9 Å². The number of rotatable bonds is 9. The van der Waals surface area contributed by atoms with Crippen LogP contribution >= 0.6 is 0 Å². The molecule has 40 heavy (non-hydrogen) atoms. The summed E-state index contributed by atoms with van der Waals surface area (Å²) in [6.45, 7) is 7.74. The number of carbonyl (C=O) groups excluding carboxylic acids is 1. The number of carbonyl (C=O) groups is 1. The van der Waals surface area contributed by atoms with Crippen LogP contribution in [0.5, 0.6) is 0 Å². The molecule has 1 unspecified atom stereocenters. The standard InChI is InChI=1S/C27H33N9O3.CH4/c1-17(2)27(3,20-7-8-22(29-13-20)18-10-30-26(28)31-11-18)25-33-24(39-34-25)19-12-32-36(14-19)16-23(37)35(4)15-21-6-5-9-38-21;/h7-8,10-14,17,21H,5-6,9,15-16H2,1-4H3,(H2,28,30,31);1H4/t21?,27-;/m1./s1. The molecule has 0 spiro atoms. The monoisotopic (exact) mass is 547 g/mol. The third-order valence-corrected chi connectivity index (χ3v) is 7.48. The highest BCUT2D eigenvalue weighted by atomic mass is 16.5. The number of likely N-dealkylation sites (N-methyl/N-ethyl adjacent to an activating group) is 1. The fourth-order valence-electron chi connectivity index (χ4n) is 4.63. The Kier molecular flexibility index (Phi) is 8.58. The van der Waals surface area contributed by atoms with Crippen molar-refractivity contribution in [2.45, 2.75) is 59.1 Å². The smallest absolute Gasteiger partial charge is 0.261 e. The molecule has 1 aliphatic rings. The van der Waals surface area contributed by atoms with Crippen molar-refractivity contribution in [3.63, 3.8) is 0 Å². The second-order valence-corrected chi connectivity index (χ2v) is 10.4. The summed E-state index contributed by atoms with van der Waals surface area (Å²) in [5.74, 6) is 1.19. The molecule has 12 heteroatoms. The van der Waals surface area contributed by atoms with Crippen LogP contribution in [0.25, 0.3) is 22.7 Å². The molecule has 0 aromatic carbocycles. The second kappa shape index (κ2) is 11.9. The number of ether oxygens (including phenoxy) is 1. The molecule has 1 amide bonds. The molecule has 5 rings (SSSR count). The van der Waals surface area contributed by atoms with Crippen molar-refractivity contribution in [1.29, 1.82) is 0 Å². The van der Waals surface area contributed by atoms with Crippen molar-refractivity contribution in [3.05, 3.63) is 54.5 Å². The Morgan fingerprint density at radius 3 is 2.60 bits per heavy atom. The molecule has 1 aliphatic heterocycles. The van der Waals surface area contributed by atoms with Crippen molar-refractivity contribution < 1.29 is 14.1 Å². The van der Waals surface area contributed by atoms with E-state index in [0.717, 1.165) is 36.3 Å². The summed E-state index contributed by atoms with van der Waals surface area (Å²) in [4.78, 5) is 31.8. The zero-order valence-corrected chi connectivity index (χ0v) is 22.6. The number of amides is 1. The van der Waals surface area contributed by atoms with Gasteiger partial charge in [-0.3, -0.25) is 14.5 Å².